The maximum atomic E-state index is 12.7. The molecule has 1 saturated heterocycles. The summed E-state index contributed by atoms with van der Waals surface area (Å²) in [6.45, 7) is 0.814. The van der Waals surface area contributed by atoms with E-state index in [4.69, 9.17) is 0 Å². The van der Waals surface area contributed by atoms with Crippen molar-refractivity contribution in [3.8, 4) is 0 Å². The predicted molar refractivity (Wildman–Crippen MR) is 86.0 cm³/mol. The first-order valence-electron chi connectivity index (χ1n) is 7.23. The quantitative estimate of drug-likeness (QED) is 0.764. The highest BCUT2D eigenvalue weighted by Crippen LogP contribution is 2.32. The van der Waals surface area contributed by atoms with Crippen molar-refractivity contribution < 1.29 is 4.79 Å². The zero-order valence-electron chi connectivity index (χ0n) is 11.7. The number of likely N-dealkylation sites (tertiary alicyclic amines) is 1. The zero-order chi connectivity index (χ0) is 14.7. The van der Waals surface area contributed by atoms with Crippen LogP contribution >= 0.6 is 15.9 Å². The molecule has 0 bridgehead atoms. The molecule has 1 amide bonds. The first-order chi connectivity index (χ1) is 10.3. The number of halogens is 1. The van der Waals surface area contributed by atoms with Crippen LogP contribution in [0.2, 0.25) is 0 Å². The molecule has 0 aliphatic carbocycles. The van der Waals surface area contributed by atoms with Crippen molar-refractivity contribution in [2.24, 2.45) is 0 Å². The van der Waals surface area contributed by atoms with Gasteiger partial charge in [0.15, 0.2) is 0 Å². The van der Waals surface area contributed by atoms with Gasteiger partial charge in [-0.2, -0.15) is 0 Å². The Kier molecular flexibility index (Phi) is 4.34. The highest BCUT2D eigenvalue weighted by Gasteiger charge is 2.28. The Hall–Kier alpha value is -1.68. The van der Waals surface area contributed by atoms with Crippen LogP contribution in [0.15, 0.2) is 53.3 Å². The average Bonchev–Trinajstić information content (AvgIpc) is 2.56. The van der Waals surface area contributed by atoms with Gasteiger partial charge in [-0.05, 0) is 59.0 Å². The lowest BCUT2D eigenvalue weighted by atomic mass is 9.95. The highest BCUT2D eigenvalue weighted by atomic mass is 79.9. The molecule has 3 rings (SSSR count). The third-order valence-corrected chi connectivity index (χ3v) is 4.39. The van der Waals surface area contributed by atoms with Gasteiger partial charge in [0.1, 0.15) is 4.60 Å². The molecule has 4 heteroatoms. The van der Waals surface area contributed by atoms with Crippen LogP contribution in [0.25, 0.3) is 0 Å². The summed E-state index contributed by atoms with van der Waals surface area (Å²) in [6.07, 6.45) is 5.09. The third kappa shape index (κ3) is 3.16. The molecule has 1 aliphatic rings. The number of hydrogen-bond acceptors (Lipinski definition) is 2. The van der Waals surface area contributed by atoms with E-state index >= 15 is 0 Å². The van der Waals surface area contributed by atoms with E-state index in [1.54, 1.807) is 0 Å². The molecule has 3 nitrogen and oxygen atoms in total. The second kappa shape index (κ2) is 6.39. The molecule has 1 aromatic heterocycles. The predicted octanol–water partition coefficient (Wildman–Crippen LogP) is 4.21. The fourth-order valence-corrected chi connectivity index (χ4v) is 3.09. The molecule has 0 saturated carbocycles. The van der Waals surface area contributed by atoms with Gasteiger partial charge in [0.05, 0.1) is 6.04 Å². The van der Waals surface area contributed by atoms with E-state index in [9.17, 15) is 4.79 Å². The second-order valence-electron chi connectivity index (χ2n) is 5.29. The minimum Gasteiger partial charge on any atom is -0.332 e. The Balaban J connectivity index is 1.88. The molecule has 108 valence electrons. The Morgan fingerprint density at radius 2 is 1.95 bits per heavy atom. The molecule has 0 N–H and O–H groups in total. The number of nitrogens with zero attached hydrogens (tertiary/aromatic N) is 2. The number of hydrogen-bond donors (Lipinski definition) is 0. The molecule has 1 unspecified atom stereocenters. The summed E-state index contributed by atoms with van der Waals surface area (Å²) < 4.78 is 0.822. The molecule has 1 aliphatic heterocycles. The minimum absolute atomic E-state index is 0.114. The van der Waals surface area contributed by atoms with Gasteiger partial charge < -0.3 is 4.90 Å². The van der Waals surface area contributed by atoms with Crippen molar-refractivity contribution in [1.82, 2.24) is 9.88 Å². The normalized spacial score (nSPS) is 18.5. The fourth-order valence-electron chi connectivity index (χ4n) is 2.85. The van der Waals surface area contributed by atoms with Gasteiger partial charge in [0.25, 0.3) is 5.91 Å². The summed E-state index contributed by atoms with van der Waals surface area (Å²) in [5, 5.41) is 0. The molecule has 1 fully saturated rings. The second-order valence-corrected chi connectivity index (χ2v) is 6.10. The van der Waals surface area contributed by atoms with Crippen LogP contribution < -0.4 is 0 Å². The number of carbonyl (C=O) groups is 1. The number of pyridine rings is 1. The summed E-state index contributed by atoms with van der Waals surface area (Å²) in [5.41, 5.74) is 1.87. The number of aromatic nitrogens is 1. The van der Waals surface area contributed by atoms with Gasteiger partial charge >= 0.3 is 0 Å². The zero-order valence-corrected chi connectivity index (χ0v) is 13.3. The van der Waals surface area contributed by atoms with Crippen molar-refractivity contribution in [2.75, 3.05) is 6.54 Å². The van der Waals surface area contributed by atoms with Crippen LogP contribution in [0.1, 0.15) is 41.2 Å². The van der Waals surface area contributed by atoms with Crippen LogP contribution in [0, 0.1) is 0 Å². The van der Waals surface area contributed by atoms with Crippen LogP contribution in [-0.2, 0) is 0 Å². The summed E-state index contributed by atoms with van der Waals surface area (Å²) >= 11 is 3.36. The lowest BCUT2D eigenvalue weighted by Crippen LogP contribution is -2.38. The third-order valence-electron chi connectivity index (χ3n) is 3.92. The molecule has 1 atom stereocenters. The Morgan fingerprint density at radius 3 is 2.67 bits per heavy atom. The lowest BCUT2D eigenvalue weighted by Gasteiger charge is -2.36. The molecule has 0 radical (unpaired) electrons. The first kappa shape index (κ1) is 14.3. The van der Waals surface area contributed by atoms with E-state index in [2.05, 4.69) is 27.0 Å². The van der Waals surface area contributed by atoms with Crippen LogP contribution in [0.5, 0.6) is 0 Å². The van der Waals surface area contributed by atoms with E-state index in [1.807, 2.05) is 47.5 Å². The van der Waals surface area contributed by atoms with Gasteiger partial charge in [-0.25, -0.2) is 4.98 Å². The molecular formula is C17H17BrN2O. The van der Waals surface area contributed by atoms with Crippen molar-refractivity contribution in [3.05, 3.63) is 64.4 Å². The van der Waals surface area contributed by atoms with Crippen molar-refractivity contribution in [2.45, 2.75) is 25.3 Å². The molecule has 2 heterocycles. The fraction of sp³-hybridized carbons (Fsp3) is 0.294. The molecule has 0 spiro atoms. The van der Waals surface area contributed by atoms with Gasteiger partial charge in [-0.3, -0.25) is 4.79 Å². The van der Waals surface area contributed by atoms with E-state index in [0.29, 0.717) is 0 Å². The van der Waals surface area contributed by atoms with Crippen LogP contribution in [0.3, 0.4) is 0 Å². The van der Waals surface area contributed by atoms with Crippen molar-refractivity contribution in [1.29, 1.82) is 0 Å². The summed E-state index contributed by atoms with van der Waals surface area (Å²) in [4.78, 5) is 19.0. The average molecular weight is 345 g/mol. The van der Waals surface area contributed by atoms with Gasteiger partial charge in [-0.15, -0.1) is 0 Å². The Labute approximate surface area is 133 Å². The largest absolute Gasteiger partial charge is 0.332 e. The Morgan fingerprint density at radius 1 is 1.14 bits per heavy atom. The number of carbonyl (C=O) groups excluding carboxylic acids is 1. The number of benzene rings is 1. The SMILES string of the molecule is O=C(c1ccccc1)N1CCCCC1c1ccc(Br)nc1. The molecule has 1 aromatic carbocycles. The first-order valence-corrected chi connectivity index (χ1v) is 8.02. The minimum atomic E-state index is 0.114. The summed E-state index contributed by atoms with van der Waals surface area (Å²) in [7, 11) is 0. The molecule has 21 heavy (non-hydrogen) atoms. The van der Waals surface area contributed by atoms with Crippen molar-refractivity contribution in [3.63, 3.8) is 0 Å². The smallest absolute Gasteiger partial charge is 0.254 e. The van der Waals surface area contributed by atoms with E-state index in [1.165, 1.54) is 0 Å². The molecular weight excluding hydrogens is 328 g/mol. The standard InChI is InChI=1S/C17H17BrN2O/c18-16-10-9-14(12-19-16)15-8-4-5-11-20(15)17(21)13-6-2-1-3-7-13/h1-3,6-7,9-10,12,15H,4-5,8,11H2. The topological polar surface area (TPSA) is 33.2 Å². The number of piperidine rings is 1. The summed E-state index contributed by atoms with van der Waals surface area (Å²) in [5.74, 6) is 0.114. The van der Waals surface area contributed by atoms with E-state index in [0.717, 1.165) is 41.5 Å². The Bertz CT molecular complexity index is 612. The van der Waals surface area contributed by atoms with Crippen LogP contribution in [-0.4, -0.2) is 22.3 Å². The number of amides is 1. The summed E-state index contributed by atoms with van der Waals surface area (Å²) in [6, 6.07) is 13.6. The van der Waals surface area contributed by atoms with E-state index in [-0.39, 0.29) is 11.9 Å². The van der Waals surface area contributed by atoms with Gasteiger partial charge in [-0.1, -0.05) is 24.3 Å². The highest BCUT2D eigenvalue weighted by molar-refractivity contribution is 9.10. The molecule has 2 aromatic rings. The maximum Gasteiger partial charge on any atom is 0.254 e. The monoisotopic (exact) mass is 344 g/mol. The van der Waals surface area contributed by atoms with Gasteiger partial charge in [0, 0.05) is 18.3 Å². The maximum absolute atomic E-state index is 12.7. The van der Waals surface area contributed by atoms with Crippen LogP contribution in [0.4, 0.5) is 0 Å². The number of rotatable bonds is 2. The van der Waals surface area contributed by atoms with E-state index < -0.39 is 0 Å². The lowest BCUT2D eigenvalue weighted by molar-refractivity contribution is 0.0611. The van der Waals surface area contributed by atoms with Gasteiger partial charge in [0.2, 0.25) is 0 Å². The van der Waals surface area contributed by atoms with Crippen molar-refractivity contribution >= 4 is 21.8 Å².